The van der Waals surface area contributed by atoms with Crippen molar-refractivity contribution in [2.45, 2.75) is 91.7 Å². The maximum atomic E-state index is 12.5. The lowest BCUT2D eigenvalue weighted by atomic mass is 9.96. The van der Waals surface area contributed by atoms with E-state index in [1.807, 2.05) is 0 Å². The molecule has 0 spiro atoms. The van der Waals surface area contributed by atoms with E-state index < -0.39 is 91.7 Å². The number of hydrogen-bond donors (Lipinski definition) is 0. The van der Waals surface area contributed by atoms with E-state index in [-0.39, 0.29) is 34.9 Å². The molecule has 3 aliphatic heterocycles. The number of hydrogen-bond acceptors (Lipinski definition) is 16. The van der Waals surface area contributed by atoms with Gasteiger partial charge in [0.2, 0.25) is 0 Å². The first-order valence-corrected chi connectivity index (χ1v) is 18.9. The third-order valence-electron chi connectivity index (χ3n) is 7.60. The van der Waals surface area contributed by atoms with Crippen LogP contribution in [0.5, 0.6) is 0 Å². The quantitative estimate of drug-likeness (QED) is 0.130. The van der Waals surface area contributed by atoms with Crippen molar-refractivity contribution in [1.82, 2.24) is 0 Å². The average molecular weight is 862 g/mol. The van der Waals surface area contributed by atoms with Crippen molar-refractivity contribution < 1.29 is 73.7 Å². The molecule has 274 valence electrons. The lowest BCUT2D eigenvalue weighted by molar-refractivity contribution is -0.360. The highest BCUT2D eigenvalue weighted by atomic mass is 31.1. The second kappa shape index (κ2) is 23.8. The van der Waals surface area contributed by atoms with Gasteiger partial charge in [0.05, 0.1) is 26.4 Å². The van der Waals surface area contributed by atoms with Gasteiger partial charge in [0.15, 0.2) is 27.3 Å². The molecule has 3 aliphatic rings. The number of rotatable bonds is 20. The molecule has 0 bridgehead atoms. The van der Waals surface area contributed by atoms with Crippen molar-refractivity contribution in [1.29, 1.82) is 0 Å². The maximum Gasteiger partial charge on any atom is 0.187 e. The maximum absolute atomic E-state index is 12.5. The molecule has 0 aliphatic carbocycles. The molecule has 3 fully saturated rings. The van der Waals surface area contributed by atoms with E-state index in [0.29, 0.717) is 0 Å². The van der Waals surface area contributed by atoms with Gasteiger partial charge < -0.3 is 69.1 Å². The molecule has 3 saturated heterocycles. The summed E-state index contributed by atoms with van der Waals surface area (Å²) >= 11 is 0. The van der Waals surface area contributed by atoms with Crippen LogP contribution in [0.2, 0.25) is 0 Å². The van der Waals surface area contributed by atoms with Crippen LogP contribution in [0.4, 0.5) is 0 Å². The Morgan fingerprint density at radius 2 is 0.936 bits per heavy atom. The van der Waals surface area contributed by atoms with E-state index in [2.05, 4.69) is 91.8 Å². The largest absolute Gasteiger partial charge is 0.363 e. The van der Waals surface area contributed by atoms with Crippen molar-refractivity contribution in [2.24, 2.45) is 0 Å². The minimum absolute atomic E-state index is 0.00642. The van der Waals surface area contributed by atoms with Crippen LogP contribution in [0, 0.1) is 0 Å². The van der Waals surface area contributed by atoms with Crippen LogP contribution in [-0.2, 0) is 73.7 Å². The van der Waals surface area contributed by atoms with Gasteiger partial charge in [-0.1, -0.05) is 6.08 Å². The van der Waals surface area contributed by atoms with Gasteiger partial charge in [-0.2, -0.15) is 0 Å². The fourth-order valence-corrected chi connectivity index (χ4v) is 8.66. The monoisotopic (exact) mass is 862 g/mol. The summed E-state index contributed by atoms with van der Waals surface area (Å²) in [5.74, 6) is 0. The number of ether oxygens (including phenoxy) is 6. The smallest absolute Gasteiger partial charge is 0.187 e. The summed E-state index contributed by atoms with van der Waals surface area (Å²) in [5.41, 5.74) is -0.821. The zero-order valence-corrected chi connectivity index (χ0v) is 36.2. The normalized spacial score (nSPS) is 41.3. The Bertz CT molecular complexity index is 926. The van der Waals surface area contributed by atoms with Crippen molar-refractivity contribution in [3.63, 3.8) is 0 Å². The van der Waals surface area contributed by atoms with Crippen LogP contribution >= 0.6 is 93.7 Å². The summed E-state index contributed by atoms with van der Waals surface area (Å²) in [6, 6.07) is 0. The van der Waals surface area contributed by atoms with E-state index in [1.54, 1.807) is 6.08 Å². The summed E-state index contributed by atoms with van der Waals surface area (Å²) < 4.78 is 100. The van der Waals surface area contributed by atoms with Gasteiger partial charge in [0.1, 0.15) is 72.8 Å². The van der Waals surface area contributed by atoms with Gasteiger partial charge in [0.25, 0.3) is 0 Å². The molecule has 0 N–H and O–H groups in total. The summed E-state index contributed by atoms with van der Waals surface area (Å²) in [6.07, 6.45) is -10.0. The zero-order valence-electron chi connectivity index (χ0n) is 24.9. The van der Waals surface area contributed by atoms with E-state index in [4.69, 9.17) is 69.1 Å². The van der Waals surface area contributed by atoms with Crippen LogP contribution in [-0.4, -0.2) is 118 Å². The molecule has 17 unspecified atom stereocenters. The molecule has 0 saturated carbocycles. The van der Waals surface area contributed by atoms with Crippen LogP contribution in [0.15, 0.2) is 12.7 Å². The fourth-order valence-electron chi connectivity index (χ4n) is 5.52. The average Bonchev–Trinajstić information content (AvgIpc) is 3.08. The highest BCUT2D eigenvalue weighted by Gasteiger charge is 2.56. The van der Waals surface area contributed by atoms with Gasteiger partial charge >= 0.3 is 0 Å². The van der Waals surface area contributed by atoms with Crippen molar-refractivity contribution in [3.05, 3.63) is 12.7 Å². The summed E-state index contributed by atoms with van der Waals surface area (Å²) in [4.78, 5) is 0. The Balaban J connectivity index is 1.92. The van der Waals surface area contributed by atoms with E-state index >= 15 is 0 Å². The first-order chi connectivity index (χ1) is 22.9. The molecule has 24 atom stereocenters. The Morgan fingerprint density at radius 3 is 1.36 bits per heavy atom. The molecule has 0 aromatic carbocycles. The van der Waals surface area contributed by atoms with Gasteiger partial charge in [-0.15, -0.1) is 6.58 Å². The van der Waals surface area contributed by atoms with Crippen LogP contribution in [0.25, 0.3) is 0 Å². The second-order valence-electron chi connectivity index (χ2n) is 10.2. The highest BCUT2D eigenvalue weighted by molar-refractivity contribution is 7.25. The van der Waals surface area contributed by atoms with Crippen LogP contribution < -0.4 is 0 Å². The van der Waals surface area contributed by atoms with Crippen LogP contribution in [0.1, 0.15) is 0 Å². The molecule has 3 rings (SSSR count). The SMILES string of the molecule is C=CCOC1OC(COP)C(OC2OC(COP)C(O[C@@H]3OC(COP)[C@H](OP)[C@H](OP)C3P=O)[C@H](OP)[C@H]2OP)[C@H](OP)[C@H]1OP. The molecule has 0 amide bonds. The predicted octanol–water partition coefficient (Wildman–Crippen LogP) is 2.27. The molecular weight excluding hydrogens is 818 g/mol. The van der Waals surface area contributed by atoms with Crippen molar-refractivity contribution >= 4 is 93.7 Å². The molecule has 0 radical (unpaired) electrons. The third kappa shape index (κ3) is 11.3. The minimum atomic E-state index is -1.10. The fraction of sp³-hybridized carbons (Fsp3) is 0.905. The van der Waals surface area contributed by atoms with E-state index in [9.17, 15) is 4.57 Å². The van der Waals surface area contributed by atoms with Crippen molar-refractivity contribution in [2.75, 3.05) is 26.4 Å². The van der Waals surface area contributed by atoms with Gasteiger partial charge in [-0.25, -0.2) is 0 Å². The Kier molecular flexibility index (Phi) is 22.5. The first kappa shape index (κ1) is 44.5. The molecule has 3 heterocycles. The highest BCUT2D eigenvalue weighted by Crippen LogP contribution is 2.40. The Labute approximate surface area is 297 Å². The lowest BCUT2D eigenvalue weighted by Crippen LogP contribution is -2.66. The standard InChI is InChI=1S/C21H44O16P10/c1-2-3-23-19-16(36-45)13(33-42)10(7(27-19)4-24-38)30-20-17(37-46)14(34-43)11(8(28-20)5-25-39)31-21-18(47-22)15(35-44)12(32-41)9(29-21)6-26-40/h2,7-21H,1,3-6,38-46H2/t7?,8?,9?,10?,11?,12-,13-,14-,15-,16+,17+,18?,19?,20?,21-/m0/s1. The minimum Gasteiger partial charge on any atom is -0.363 e. The molecule has 0 aromatic rings. The van der Waals surface area contributed by atoms with Gasteiger partial charge in [-0.3, -0.25) is 4.57 Å². The third-order valence-corrected chi connectivity index (χ3v) is 10.8. The predicted molar refractivity (Wildman–Crippen MR) is 198 cm³/mol. The summed E-state index contributed by atoms with van der Waals surface area (Å²) in [6.45, 7) is 4.09. The summed E-state index contributed by atoms with van der Waals surface area (Å²) in [7, 11) is 19.4. The van der Waals surface area contributed by atoms with Gasteiger partial charge in [-0.05, 0) is 0 Å². The zero-order chi connectivity index (χ0) is 34.5. The van der Waals surface area contributed by atoms with Crippen LogP contribution in [0.3, 0.4) is 0 Å². The Hall–Kier alpha value is 3.11. The summed E-state index contributed by atoms with van der Waals surface area (Å²) in [5, 5.41) is 0. The molecule has 26 heteroatoms. The van der Waals surface area contributed by atoms with E-state index in [1.165, 1.54) is 0 Å². The van der Waals surface area contributed by atoms with Crippen molar-refractivity contribution in [3.8, 4) is 0 Å². The molecule has 0 aromatic heterocycles. The Morgan fingerprint density at radius 1 is 0.532 bits per heavy atom. The first-order valence-electron chi connectivity index (χ1n) is 13.8. The van der Waals surface area contributed by atoms with E-state index in [0.717, 1.165) is 0 Å². The van der Waals surface area contributed by atoms with Gasteiger partial charge in [0, 0.05) is 85.2 Å². The lowest BCUT2D eigenvalue weighted by Gasteiger charge is -2.50. The topological polar surface area (TPSA) is 156 Å². The molecular formula is C21H44O16P10. The second-order valence-corrected chi connectivity index (χ2v) is 13.6. The molecule has 47 heavy (non-hydrogen) atoms. The molecule has 16 nitrogen and oxygen atoms in total.